The van der Waals surface area contributed by atoms with E-state index in [1.807, 2.05) is 37.3 Å². The van der Waals surface area contributed by atoms with Gasteiger partial charge in [0.15, 0.2) is 0 Å². The van der Waals surface area contributed by atoms with Crippen LogP contribution in [0.2, 0.25) is 5.02 Å². The molecule has 3 rings (SSSR count). The van der Waals surface area contributed by atoms with E-state index in [0.29, 0.717) is 29.4 Å². The van der Waals surface area contributed by atoms with Crippen molar-refractivity contribution in [1.82, 2.24) is 4.31 Å². The van der Waals surface area contributed by atoms with E-state index in [1.54, 1.807) is 12.1 Å². The van der Waals surface area contributed by atoms with Crippen molar-refractivity contribution >= 4 is 21.6 Å². The molecule has 21 heavy (non-hydrogen) atoms. The van der Waals surface area contributed by atoms with E-state index in [0.717, 1.165) is 16.7 Å². The Bertz CT molecular complexity index is 769. The van der Waals surface area contributed by atoms with Gasteiger partial charge in [-0.2, -0.15) is 4.31 Å². The Labute approximate surface area is 130 Å². The van der Waals surface area contributed by atoms with E-state index >= 15 is 0 Å². The standard InChI is InChI=1S/C16H16ClNO2S/c1-12-2-6-16(7-3-12)21(19,20)18-9-8-13-10-15(17)5-4-14(13)11-18/h2-7,10H,8-9,11H2,1H3. The van der Waals surface area contributed by atoms with Crippen LogP contribution in [0.25, 0.3) is 0 Å². The van der Waals surface area contributed by atoms with E-state index in [9.17, 15) is 8.42 Å². The number of sulfonamides is 1. The van der Waals surface area contributed by atoms with Crippen molar-refractivity contribution in [3.8, 4) is 0 Å². The maximum atomic E-state index is 12.7. The van der Waals surface area contributed by atoms with Gasteiger partial charge < -0.3 is 0 Å². The van der Waals surface area contributed by atoms with Crippen LogP contribution in [0.5, 0.6) is 0 Å². The summed E-state index contributed by atoms with van der Waals surface area (Å²) in [6.45, 7) is 2.84. The Morgan fingerprint density at radius 1 is 1.05 bits per heavy atom. The first-order valence-electron chi connectivity index (χ1n) is 6.81. The third kappa shape index (κ3) is 2.84. The predicted octanol–water partition coefficient (Wildman–Crippen LogP) is 3.40. The van der Waals surface area contributed by atoms with Crippen LogP contribution in [0, 0.1) is 6.92 Å². The van der Waals surface area contributed by atoms with Crippen molar-refractivity contribution in [3.63, 3.8) is 0 Å². The van der Waals surface area contributed by atoms with E-state index in [4.69, 9.17) is 11.6 Å². The lowest BCUT2D eigenvalue weighted by atomic mass is 10.0. The minimum Gasteiger partial charge on any atom is -0.207 e. The molecular formula is C16H16ClNO2S. The maximum Gasteiger partial charge on any atom is 0.243 e. The normalized spacial score (nSPS) is 15.7. The van der Waals surface area contributed by atoms with Crippen LogP contribution in [-0.2, 0) is 23.0 Å². The van der Waals surface area contributed by atoms with Crippen LogP contribution < -0.4 is 0 Å². The fourth-order valence-electron chi connectivity index (χ4n) is 2.56. The molecule has 0 spiro atoms. The Hall–Kier alpha value is -1.36. The van der Waals surface area contributed by atoms with Crippen molar-refractivity contribution in [3.05, 3.63) is 64.2 Å². The van der Waals surface area contributed by atoms with Crippen LogP contribution in [-0.4, -0.2) is 19.3 Å². The van der Waals surface area contributed by atoms with Gasteiger partial charge in [-0.05, 0) is 48.7 Å². The summed E-state index contributed by atoms with van der Waals surface area (Å²) in [6, 6.07) is 12.6. The fourth-order valence-corrected chi connectivity index (χ4v) is 4.17. The molecule has 1 aliphatic rings. The molecule has 0 N–H and O–H groups in total. The third-order valence-electron chi connectivity index (χ3n) is 3.80. The van der Waals surface area contributed by atoms with Gasteiger partial charge in [-0.25, -0.2) is 8.42 Å². The molecular weight excluding hydrogens is 306 g/mol. The van der Waals surface area contributed by atoms with Gasteiger partial charge in [-0.1, -0.05) is 35.4 Å². The topological polar surface area (TPSA) is 37.4 Å². The minimum absolute atomic E-state index is 0.352. The zero-order valence-electron chi connectivity index (χ0n) is 11.7. The number of hydrogen-bond acceptors (Lipinski definition) is 2. The van der Waals surface area contributed by atoms with Gasteiger partial charge >= 0.3 is 0 Å². The highest BCUT2D eigenvalue weighted by atomic mass is 35.5. The second kappa shape index (κ2) is 5.44. The molecule has 1 heterocycles. The van der Waals surface area contributed by atoms with Gasteiger partial charge in [-0.15, -0.1) is 0 Å². The summed E-state index contributed by atoms with van der Waals surface area (Å²) in [5, 5.41) is 0.698. The van der Waals surface area contributed by atoms with Crippen LogP contribution >= 0.6 is 11.6 Å². The van der Waals surface area contributed by atoms with E-state index in [-0.39, 0.29) is 0 Å². The molecule has 3 nitrogen and oxygen atoms in total. The molecule has 0 aromatic heterocycles. The Kier molecular flexibility index (Phi) is 3.78. The molecule has 0 saturated carbocycles. The molecule has 0 radical (unpaired) electrons. The largest absolute Gasteiger partial charge is 0.243 e. The van der Waals surface area contributed by atoms with E-state index < -0.39 is 10.0 Å². The van der Waals surface area contributed by atoms with Crippen LogP contribution in [0.4, 0.5) is 0 Å². The summed E-state index contributed by atoms with van der Waals surface area (Å²) in [7, 11) is -3.43. The summed E-state index contributed by atoms with van der Waals surface area (Å²) in [5.74, 6) is 0. The van der Waals surface area contributed by atoms with E-state index in [2.05, 4.69) is 0 Å². The summed E-state index contributed by atoms with van der Waals surface area (Å²) < 4.78 is 26.9. The number of benzene rings is 2. The maximum absolute atomic E-state index is 12.7. The lowest BCUT2D eigenvalue weighted by molar-refractivity contribution is 0.391. The monoisotopic (exact) mass is 321 g/mol. The molecule has 2 aromatic rings. The molecule has 1 aliphatic heterocycles. The van der Waals surface area contributed by atoms with Crippen molar-refractivity contribution in [1.29, 1.82) is 0 Å². The van der Waals surface area contributed by atoms with Crippen molar-refractivity contribution < 1.29 is 8.42 Å². The third-order valence-corrected chi connectivity index (χ3v) is 5.90. The molecule has 0 saturated heterocycles. The zero-order chi connectivity index (χ0) is 15.0. The average molecular weight is 322 g/mol. The fraction of sp³-hybridized carbons (Fsp3) is 0.250. The highest BCUT2D eigenvalue weighted by Gasteiger charge is 2.28. The zero-order valence-corrected chi connectivity index (χ0v) is 13.3. The molecule has 0 amide bonds. The molecule has 0 bridgehead atoms. The molecule has 110 valence electrons. The summed E-state index contributed by atoms with van der Waals surface area (Å²) in [6.07, 6.45) is 0.695. The predicted molar refractivity (Wildman–Crippen MR) is 83.9 cm³/mol. The number of rotatable bonds is 2. The van der Waals surface area contributed by atoms with Gasteiger partial charge in [0.05, 0.1) is 4.90 Å². The molecule has 2 aromatic carbocycles. The Morgan fingerprint density at radius 2 is 1.76 bits per heavy atom. The quantitative estimate of drug-likeness (QED) is 0.850. The second-order valence-electron chi connectivity index (χ2n) is 5.31. The van der Waals surface area contributed by atoms with Crippen LogP contribution in [0.1, 0.15) is 16.7 Å². The lowest BCUT2D eigenvalue weighted by Gasteiger charge is -2.28. The van der Waals surface area contributed by atoms with Crippen molar-refractivity contribution in [2.45, 2.75) is 24.8 Å². The molecule has 0 fully saturated rings. The van der Waals surface area contributed by atoms with E-state index in [1.165, 1.54) is 4.31 Å². The first-order chi connectivity index (χ1) is 9.96. The summed E-state index contributed by atoms with van der Waals surface area (Å²) in [4.78, 5) is 0.352. The van der Waals surface area contributed by atoms with Gasteiger partial charge in [0.1, 0.15) is 0 Å². The SMILES string of the molecule is Cc1ccc(S(=O)(=O)N2CCc3cc(Cl)ccc3C2)cc1. The average Bonchev–Trinajstić information content (AvgIpc) is 2.47. The number of hydrogen-bond donors (Lipinski definition) is 0. The molecule has 0 aliphatic carbocycles. The Morgan fingerprint density at radius 3 is 2.48 bits per heavy atom. The van der Waals surface area contributed by atoms with Crippen LogP contribution in [0.3, 0.4) is 0 Å². The number of aryl methyl sites for hydroxylation is 1. The van der Waals surface area contributed by atoms with Gasteiger partial charge in [0, 0.05) is 18.1 Å². The second-order valence-corrected chi connectivity index (χ2v) is 7.69. The molecule has 0 atom stereocenters. The molecule has 0 unspecified atom stereocenters. The van der Waals surface area contributed by atoms with Gasteiger partial charge in [0.25, 0.3) is 0 Å². The van der Waals surface area contributed by atoms with Crippen molar-refractivity contribution in [2.24, 2.45) is 0 Å². The molecule has 5 heteroatoms. The number of fused-ring (bicyclic) bond motifs is 1. The summed E-state index contributed by atoms with van der Waals surface area (Å²) in [5.41, 5.74) is 3.21. The highest BCUT2D eigenvalue weighted by Crippen LogP contribution is 2.26. The number of halogens is 1. The first-order valence-corrected chi connectivity index (χ1v) is 8.63. The van der Waals surface area contributed by atoms with Gasteiger partial charge in [0.2, 0.25) is 10.0 Å². The lowest BCUT2D eigenvalue weighted by Crippen LogP contribution is -2.35. The minimum atomic E-state index is -3.43. The van der Waals surface area contributed by atoms with Crippen LogP contribution in [0.15, 0.2) is 47.4 Å². The Balaban J connectivity index is 1.91. The first kappa shape index (κ1) is 14.6. The highest BCUT2D eigenvalue weighted by molar-refractivity contribution is 7.89. The number of nitrogens with zero attached hydrogens (tertiary/aromatic N) is 1. The smallest absolute Gasteiger partial charge is 0.207 e. The van der Waals surface area contributed by atoms with Gasteiger partial charge in [-0.3, -0.25) is 0 Å². The van der Waals surface area contributed by atoms with Crippen molar-refractivity contribution in [2.75, 3.05) is 6.54 Å². The summed E-state index contributed by atoms with van der Waals surface area (Å²) >= 11 is 5.98.